The lowest BCUT2D eigenvalue weighted by Crippen LogP contribution is -2.25. The summed E-state index contributed by atoms with van der Waals surface area (Å²) in [4.78, 5) is 0. The van der Waals surface area contributed by atoms with E-state index in [9.17, 15) is 13.2 Å². The first kappa shape index (κ1) is 8.19. The van der Waals surface area contributed by atoms with Crippen LogP contribution in [-0.2, 0) is 4.74 Å². The SMILES string of the molecule is CN1CC(OC(F)(F)F)=[C]N1. The molecule has 0 aliphatic carbocycles. The Bertz CT molecular complexity index is 177. The summed E-state index contributed by atoms with van der Waals surface area (Å²) in [7, 11) is 1.58. The quantitative estimate of drug-likeness (QED) is 0.619. The number of hydrazine groups is 1. The van der Waals surface area contributed by atoms with Crippen LogP contribution in [-0.4, -0.2) is 25.0 Å². The van der Waals surface area contributed by atoms with Gasteiger partial charge in [0.1, 0.15) is 12.0 Å². The lowest BCUT2D eigenvalue weighted by atomic mass is 10.5. The van der Waals surface area contributed by atoms with Crippen molar-refractivity contribution in [1.82, 2.24) is 10.4 Å². The predicted octanol–water partition coefficient (Wildman–Crippen LogP) is 0.617. The molecule has 1 N–H and O–H groups in total. The van der Waals surface area contributed by atoms with Crippen LogP contribution in [0.15, 0.2) is 5.76 Å². The Hall–Kier alpha value is -0.910. The number of likely N-dealkylation sites (N-methyl/N-ethyl adjacent to an activating group) is 1. The van der Waals surface area contributed by atoms with Gasteiger partial charge in [-0.15, -0.1) is 13.2 Å². The van der Waals surface area contributed by atoms with Gasteiger partial charge in [-0.2, -0.15) is 0 Å². The van der Waals surface area contributed by atoms with E-state index in [1.54, 1.807) is 7.05 Å². The minimum atomic E-state index is -4.62. The highest BCUT2D eigenvalue weighted by Gasteiger charge is 2.33. The zero-order valence-corrected chi connectivity index (χ0v) is 5.70. The summed E-state index contributed by atoms with van der Waals surface area (Å²) in [6.07, 6.45) is -2.40. The smallest absolute Gasteiger partial charge is 0.407 e. The van der Waals surface area contributed by atoms with Gasteiger partial charge in [0.25, 0.3) is 0 Å². The average Bonchev–Trinajstić information content (AvgIpc) is 2.10. The number of halogens is 3. The second-order valence-corrected chi connectivity index (χ2v) is 2.06. The van der Waals surface area contributed by atoms with Crippen LogP contribution in [0.2, 0.25) is 0 Å². The summed E-state index contributed by atoms with van der Waals surface area (Å²) in [5.74, 6) is -0.250. The largest absolute Gasteiger partial charge is 0.572 e. The Kier molecular flexibility index (Phi) is 1.95. The molecule has 0 aromatic rings. The lowest BCUT2D eigenvalue weighted by Gasteiger charge is -2.09. The number of nitrogens with one attached hydrogen (secondary N) is 1. The molecular weight excluding hydrogens is 161 g/mol. The maximum absolute atomic E-state index is 11.5. The van der Waals surface area contributed by atoms with E-state index in [2.05, 4.69) is 16.4 Å². The minimum Gasteiger partial charge on any atom is -0.407 e. The van der Waals surface area contributed by atoms with E-state index < -0.39 is 6.36 Å². The Morgan fingerprint density at radius 2 is 2.27 bits per heavy atom. The van der Waals surface area contributed by atoms with Crippen molar-refractivity contribution in [3.05, 3.63) is 12.0 Å². The summed E-state index contributed by atoms with van der Waals surface area (Å²) < 4.78 is 38.1. The molecule has 0 saturated carbocycles. The fourth-order valence-corrected chi connectivity index (χ4v) is 0.650. The molecule has 0 saturated heterocycles. The number of ether oxygens (including phenoxy) is 1. The van der Waals surface area contributed by atoms with Gasteiger partial charge >= 0.3 is 6.36 Å². The van der Waals surface area contributed by atoms with Crippen LogP contribution in [0.25, 0.3) is 0 Å². The van der Waals surface area contributed by atoms with E-state index in [0.717, 1.165) is 0 Å². The van der Waals surface area contributed by atoms with Gasteiger partial charge in [0.15, 0.2) is 0 Å². The summed E-state index contributed by atoms with van der Waals surface area (Å²) in [5, 5.41) is 1.42. The molecule has 1 aliphatic rings. The van der Waals surface area contributed by atoms with Crippen molar-refractivity contribution in [1.29, 1.82) is 0 Å². The first-order valence-electron chi connectivity index (χ1n) is 2.82. The highest BCUT2D eigenvalue weighted by molar-refractivity contribution is 4.93. The Labute approximate surface area is 61.4 Å². The molecule has 11 heavy (non-hydrogen) atoms. The Morgan fingerprint density at radius 1 is 1.64 bits per heavy atom. The van der Waals surface area contributed by atoms with Crippen molar-refractivity contribution in [3.8, 4) is 0 Å². The normalized spacial score (nSPS) is 19.5. The number of rotatable bonds is 1. The molecule has 1 rings (SSSR count). The van der Waals surface area contributed by atoms with Crippen LogP contribution in [0.5, 0.6) is 0 Å². The minimum absolute atomic E-state index is 0.0690. The van der Waals surface area contributed by atoms with E-state index in [1.165, 1.54) is 5.01 Å². The number of hydrogen-bond donors (Lipinski definition) is 1. The lowest BCUT2D eigenvalue weighted by molar-refractivity contribution is -0.306. The predicted molar refractivity (Wildman–Crippen MR) is 29.7 cm³/mol. The van der Waals surface area contributed by atoms with Crippen molar-refractivity contribution in [2.75, 3.05) is 13.6 Å². The van der Waals surface area contributed by atoms with Gasteiger partial charge in [-0.1, -0.05) is 0 Å². The van der Waals surface area contributed by atoms with Crippen molar-refractivity contribution in [2.45, 2.75) is 6.36 Å². The third-order valence-corrected chi connectivity index (χ3v) is 1.01. The molecular formula is C5H6F3N2O. The molecule has 0 aromatic heterocycles. The molecule has 0 bridgehead atoms. The van der Waals surface area contributed by atoms with Gasteiger partial charge < -0.3 is 10.2 Å². The summed E-state index contributed by atoms with van der Waals surface area (Å²) in [6.45, 7) is 0.0690. The van der Waals surface area contributed by atoms with Gasteiger partial charge in [0.2, 0.25) is 0 Å². The van der Waals surface area contributed by atoms with Crippen LogP contribution < -0.4 is 5.43 Å². The fourth-order valence-electron chi connectivity index (χ4n) is 0.650. The molecule has 0 unspecified atom stereocenters. The molecule has 0 amide bonds. The summed E-state index contributed by atoms with van der Waals surface area (Å²) in [6, 6.07) is 0. The second-order valence-electron chi connectivity index (χ2n) is 2.06. The van der Waals surface area contributed by atoms with Crippen LogP contribution in [0.4, 0.5) is 13.2 Å². The third kappa shape index (κ3) is 2.67. The molecule has 1 heterocycles. The van der Waals surface area contributed by atoms with Gasteiger partial charge in [-0.25, -0.2) is 5.01 Å². The van der Waals surface area contributed by atoms with Crippen LogP contribution in [0.3, 0.4) is 0 Å². The standard InChI is InChI=1S/C5H6F3N2O/c1-10-3-4(2-9-10)11-5(6,7)8/h9H,3H2,1H3. The second kappa shape index (κ2) is 2.61. The van der Waals surface area contributed by atoms with Crippen molar-refractivity contribution < 1.29 is 17.9 Å². The topological polar surface area (TPSA) is 24.5 Å². The van der Waals surface area contributed by atoms with Crippen LogP contribution >= 0.6 is 0 Å². The molecule has 0 atom stereocenters. The van der Waals surface area contributed by atoms with Gasteiger partial charge in [0.05, 0.1) is 6.54 Å². The van der Waals surface area contributed by atoms with E-state index in [1.807, 2.05) is 0 Å². The zero-order valence-electron chi connectivity index (χ0n) is 5.70. The van der Waals surface area contributed by atoms with E-state index in [-0.39, 0.29) is 12.3 Å². The number of nitrogens with zero attached hydrogens (tertiary/aromatic N) is 1. The maximum Gasteiger partial charge on any atom is 0.572 e. The van der Waals surface area contributed by atoms with Gasteiger partial charge in [-0.3, -0.25) is 0 Å². The number of hydrogen-bond acceptors (Lipinski definition) is 3. The average molecular weight is 167 g/mol. The van der Waals surface area contributed by atoms with Crippen LogP contribution in [0.1, 0.15) is 0 Å². The van der Waals surface area contributed by atoms with Gasteiger partial charge in [0, 0.05) is 7.05 Å². The first-order valence-corrected chi connectivity index (χ1v) is 2.82. The molecule has 0 aromatic carbocycles. The van der Waals surface area contributed by atoms with Gasteiger partial charge in [-0.05, 0) is 0 Å². The third-order valence-electron chi connectivity index (χ3n) is 1.01. The maximum atomic E-state index is 11.5. The summed E-state index contributed by atoms with van der Waals surface area (Å²) >= 11 is 0. The fraction of sp³-hybridized carbons (Fsp3) is 0.600. The van der Waals surface area contributed by atoms with E-state index in [0.29, 0.717) is 0 Å². The highest BCUT2D eigenvalue weighted by atomic mass is 19.4. The molecule has 63 valence electrons. The summed E-state index contributed by atoms with van der Waals surface area (Å²) in [5.41, 5.74) is 2.41. The van der Waals surface area contributed by atoms with Crippen LogP contribution in [0, 0.1) is 6.20 Å². The molecule has 1 aliphatic heterocycles. The zero-order chi connectivity index (χ0) is 8.48. The van der Waals surface area contributed by atoms with Crippen molar-refractivity contribution >= 4 is 0 Å². The first-order chi connectivity index (χ1) is 4.97. The molecule has 0 spiro atoms. The van der Waals surface area contributed by atoms with Crippen molar-refractivity contribution in [3.63, 3.8) is 0 Å². The Balaban J connectivity index is 2.40. The van der Waals surface area contributed by atoms with E-state index in [4.69, 9.17) is 0 Å². The number of alkyl halides is 3. The molecule has 3 nitrogen and oxygen atoms in total. The van der Waals surface area contributed by atoms with E-state index >= 15 is 0 Å². The molecule has 6 heteroatoms. The molecule has 1 radical (unpaired) electrons. The Morgan fingerprint density at radius 3 is 2.64 bits per heavy atom. The van der Waals surface area contributed by atoms with Crippen molar-refractivity contribution in [2.24, 2.45) is 0 Å². The highest BCUT2D eigenvalue weighted by Crippen LogP contribution is 2.21. The molecule has 0 fully saturated rings. The monoisotopic (exact) mass is 167 g/mol.